The first kappa shape index (κ1) is 17.7. The quantitative estimate of drug-likeness (QED) is 0.699. The molecule has 0 bridgehead atoms. The van der Waals surface area contributed by atoms with Crippen molar-refractivity contribution in [3.63, 3.8) is 0 Å². The van der Waals surface area contributed by atoms with Crippen molar-refractivity contribution in [2.75, 3.05) is 0 Å². The zero-order valence-electron chi connectivity index (χ0n) is 14.8. The topological polar surface area (TPSA) is 51.2 Å². The summed E-state index contributed by atoms with van der Waals surface area (Å²) in [5.41, 5.74) is 3.77. The smallest absolute Gasteiger partial charge is 0.251 e. The second-order valence-corrected chi connectivity index (χ2v) is 5.99. The van der Waals surface area contributed by atoms with Crippen LogP contribution in [-0.2, 0) is 19.6 Å². The van der Waals surface area contributed by atoms with E-state index in [1.807, 2.05) is 54.6 Å². The van der Waals surface area contributed by atoms with Crippen molar-refractivity contribution in [3.05, 3.63) is 95.3 Å². The van der Waals surface area contributed by atoms with E-state index in [4.69, 9.17) is 4.74 Å². The van der Waals surface area contributed by atoms with Crippen molar-refractivity contribution in [1.82, 2.24) is 10.3 Å². The van der Waals surface area contributed by atoms with E-state index in [0.717, 1.165) is 23.4 Å². The first-order valence-electron chi connectivity index (χ1n) is 8.73. The number of benzene rings is 2. The van der Waals surface area contributed by atoms with E-state index in [1.165, 1.54) is 5.56 Å². The third kappa shape index (κ3) is 4.93. The Kier molecular flexibility index (Phi) is 5.99. The number of nitrogens with one attached hydrogen (secondary N) is 1. The fourth-order valence-corrected chi connectivity index (χ4v) is 2.52. The Bertz CT molecular complexity index is 828. The fraction of sp³-hybridized carbons (Fsp3) is 0.182. The molecule has 0 aliphatic heterocycles. The van der Waals surface area contributed by atoms with E-state index in [9.17, 15) is 4.79 Å². The van der Waals surface area contributed by atoms with Gasteiger partial charge in [0.05, 0.1) is 12.2 Å². The minimum atomic E-state index is -0.113. The Balaban J connectivity index is 1.51. The molecule has 0 aliphatic carbocycles. The summed E-state index contributed by atoms with van der Waals surface area (Å²) in [4.78, 5) is 16.4. The average molecular weight is 346 g/mol. The van der Waals surface area contributed by atoms with Gasteiger partial charge < -0.3 is 10.1 Å². The zero-order valence-corrected chi connectivity index (χ0v) is 14.8. The van der Waals surface area contributed by atoms with E-state index < -0.39 is 0 Å². The predicted octanol–water partition coefficient (Wildman–Crippen LogP) is 4.15. The van der Waals surface area contributed by atoms with Crippen molar-refractivity contribution in [1.29, 1.82) is 0 Å². The highest BCUT2D eigenvalue weighted by atomic mass is 16.5. The zero-order chi connectivity index (χ0) is 18.2. The number of aromatic nitrogens is 1. The lowest BCUT2D eigenvalue weighted by Gasteiger charge is -2.08. The highest BCUT2D eigenvalue weighted by Crippen LogP contribution is 2.15. The SMILES string of the molecule is CCc1ccc(OCc2ccc(C(=O)NCc3ccccn3)cc2)cc1. The van der Waals surface area contributed by atoms with Crippen LogP contribution in [0.3, 0.4) is 0 Å². The Morgan fingerprint density at radius 3 is 2.35 bits per heavy atom. The van der Waals surface area contributed by atoms with E-state index >= 15 is 0 Å². The van der Waals surface area contributed by atoms with Crippen LogP contribution in [0.15, 0.2) is 72.9 Å². The number of aryl methyl sites for hydroxylation is 1. The predicted molar refractivity (Wildman–Crippen MR) is 102 cm³/mol. The molecule has 0 spiro atoms. The van der Waals surface area contributed by atoms with Crippen LogP contribution in [0.2, 0.25) is 0 Å². The molecule has 0 radical (unpaired) electrons. The van der Waals surface area contributed by atoms with Gasteiger partial charge in [-0.2, -0.15) is 0 Å². The number of ether oxygens (including phenoxy) is 1. The highest BCUT2D eigenvalue weighted by molar-refractivity contribution is 5.94. The fourth-order valence-electron chi connectivity index (χ4n) is 2.52. The van der Waals surface area contributed by atoms with Crippen molar-refractivity contribution in [2.24, 2.45) is 0 Å². The van der Waals surface area contributed by atoms with Crippen LogP contribution >= 0.6 is 0 Å². The molecule has 0 aliphatic rings. The Morgan fingerprint density at radius 1 is 0.962 bits per heavy atom. The van der Waals surface area contributed by atoms with Gasteiger partial charge in [-0.15, -0.1) is 0 Å². The summed E-state index contributed by atoms with van der Waals surface area (Å²) in [6.07, 6.45) is 2.73. The van der Waals surface area contributed by atoms with Crippen molar-refractivity contribution >= 4 is 5.91 Å². The molecule has 1 amide bonds. The third-order valence-corrected chi connectivity index (χ3v) is 4.11. The van der Waals surface area contributed by atoms with Crippen LogP contribution in [0.1, 0.15) is 34.1 Å². The van der Waals surface area contributed by atoms with E-state index in [-0.39, 0.29) is 5.91 Å². The van der Waals surface area contributed by atoms with Gasteiger partial charge in [-0.25, -0.2) is 0 Å². The van der Waals surface area contributed by atoms with Gasteiger partial charge in [-0.3, -0.25) is 9.78 Å². The van der Waals surface area contributed by atoms with Crippen LogP contribution in [0.4, 0.5) is 0 Å². The molecule has 3 rings (SSSR count). The van der Waals surface area contributed by atoms with Gasteiger partial charge >= 0.3 is 0 Å². The molecule has 0 saturated heterocycles. The van der Waals surface area contributed by atoms with Gasteiger partial charge in [0, 0.05) is 11.8 Å². The maximum absolute atomic E-state index is 12.2. The summed E-state index contributed by atoms with van der Waals surface area (Å²) in [7, 11) is 0. The van der Waals surface area contributed by atoms with Crippen molar-refractivity contribution < 1.29 is 9.53 Å². The van der Waals surface area contributed by atoms with Crippen molar-refractivity contribution in [3.8, 4) is 5.75 Å². The summed E-state index contributed by atoms with van der Waals surface area (Å²) in [5, 5.41) is 2.87. The number of rotatable bonds is 7. The normalized spacial score (nSPS) is 10.3. The maximum Gasteiger partial charge on any atom is 0.251 e. The molecular formula is C22H22N2O2. The number of pyridine rings is 1. The number of nitrogens with zero attached hydrogens (tertiary/aromatic N) is 1. The van der Waals surface area contributed by atoms with Gasteiger partial charge in [0.15, 0.2) is 0 Å². The molecule has 26 heavy (non-hydrogen) atoms. The lowest BCUT2D eigenvalue weighted by Crippen LogP contribution is -2.23. The van der Waals surface area contributed by atoms with Crippen LogP contribution in [0, 0.1) is 0 Å². The number of hydrogen-bond donors (Lipinski definition) is 1. The average Bonchev–Trinajstić information content (AvgIpc) is 2.72. The molecule has 4 nitrogen and oxygen atoms in total. The van der Waals surface area contributed by atoms with Gasteiger partial charge in [-0.1, -0.05) is 37.3 Å². The Hall–Kier alpha value is -3.14. The van der Waals surface area contributed by atoms with Crippen LogP contribution in [-0.4, -0.2) is 10.9 Å². The molecule has 0 atom stereocenters. The van der Waals surface area contributed by atoms with Crippen LogP contribution < -0.4 is 10.1 Å². The number of carbonyl (C=O) groups is 1. The number of amides is 1. The van der Waals surface area contributed by atoms with Gasteiger partial charge in [0.1, 0.15) is 12.4 Å². The molecular weight excluding hydrogens is 324 g/mol. The molecule has 0 saturated carbocycles. The summed E-state index contributed by atoms with van der Waals surface area (Å²) >= 11 is 0. The maximum atomic E-state index is 12.2. The van der Waals surface area contributed by atoms with Crippen LogP contribution in [0.5, 0.6) is 5.75 Å². The first-order chi connectivity index (χ1) is 12.7. The van der Waals surface area contributed by atoms with Crippen molar-refractivity contribution in [2.45, 2.75) is 26.5 Å². The second-order valence-electron chi connectivity index (χ2n) is 5.99. The minimum absolute atomic E-state index is 0.113. The summed E-state index contributed by atoms with van der Waals surface area (Å²) in [6.45, 7) is 3.02. The second kappa shape index (κ2) is 8.81. The summed E-state index contributed by atoms with van der Waals surface area (Å²) in [6, 6.07) is 21.2. The van der Waals surface area contributed by atoms with E-state index in [1.54, 1.807) is 6.20 Å². The monoisotopic (exact) mass is 346 g/mol. The molecule has 132 valence electrons. The first-order valence-corrected chi connectivity index (χ1v) is 8.73. The molecule has 1 aromatic heterocycles. The lowest BCUT2D eigenvalue weighted by molar-refractivity contribution is 0.0950. The van der Waals surface area contributed by atoms with Gasteiger partial charge in [-0.05, 0) is 53.9 Å². The number of hydrogen-bond acceptors (Lipinski definition) is 3. The lowest BCUT2D eigenvalue weighted by atomic mass is 10.1. The van der Waals surface area contributed by atoms with E-state index in [0.29, 0.717) is 18.7 Å². The molecule has 2 aromatic carbocycles. The number of carbonyl (C=O) groups excluding carboxylic acids is 1. The summed E-state index contributed by atoms with van der Waals surface area (Å²) in [5.74, 6) is 0.734. The van der Waals surface area contributed by atoms with Crippen LogP contribution in [0.25, 0.3) is 0 Å². The molecule has 4 heteroatoms. The molecule has 1 N–H and O–H groups in total. The Morgan fingerprint density at radius 2 is 1.69 bits per heavy atom. The third-order valence-electron chi connectivity index (χ3n) is 4.11. The highest BCUT2D eigenvalue weighted by Gasteiger charge is 2.06. The minimum Gasteiger partial charge on any atom is -0.489 e. The summed E-state index contributed by atoms with van der Waals surface area (Å²) < 4.78 is 5.79. The Labute approximate surface area is 153 Å². The molecule has 3 aromatic rings. The van der Waals surface area contributed by atoms with E-state index in [2.05, 4.69) is 29.4 Å². The largest absolute Gasteiger partial charge is 0.489 e. The molecule has 0 fully saturated rings. The van der Waals surface area contributed by atoms with Gasteiger partial charge in [0.25, 0.3) is 5.91 Å². The molecule has 0 unspecified atom stereocenters. The van der Waals surface area contributed by atoms with Gasteiger partial charge in [0.2, 0.25) is 0 Å². The molecule has 1 heterocycles. The standard InChI is InChI=1S/C22H22N2O2/c1-2-17-8-12-21(13-9-17)26-16-18-6-10-19(11-7-18)22(25)24-15-20-5-3-4-14-23-20/h3-14H,2,15-16H2,1H3,(H,24,25).